The SMILES string of the molecule is Cc1cccc(C(F)(F)F)c1-c1c(C)c(C(=O)Nc2ccc(S(C)(=O)=O)cc2)cn1CCOC(=O)C(=O)Nc1ccc(S(C)(=O)=O)cc1. The molecule has 0 saturated carbocycles. The molecule has 16 heteroatoms. The van der Waals surface area contributed by atoms with Crippen LogP contribution in [0.1, 0.15) is 27.0 Å². The highest BCUT2D eigenvalue weighted by atomic mass is 32.2. The zero-order chi connectivity index (χ0) is 35.6. The van der Waals surface area contributed by atoms with Gasteiger partial charge < -0.3 is 19.9 Å². The third-order valence-corrected chi connectivity index (χ3v) is 9.48. The second kappa shape index (κ2) is 13.6. The summed E-state index contributed by atoms with van der Waals surface area (Å²) in [6.07, 6.45) is -1.42. The Morgan fingerprint density at radius 1 is 0.792 bits per heavy atom. The summed E-state index contributed by atoms with van der Waals surface area (Å²) >= 11 is 0. The quantitative estimate of drug-likeness (QED) is 0.181. The van der Waals surface area contributed by atoms with Crippen molar-refractivity contribution in [3.63, 3.8) is 0 Å². The van der Waals surface area contributed by atoms with Crippen molar-refractivity contribution in [1.82, 2.24) is 4.57 Å². The fraction of sp³-hybridized carbons (Fsp3) is 0.219. The minimum Gasteiger partial charge on any atom is -0.457 e. The molecule has 1 aromatic heterocycles. The highest BCUT2D eigenvalue weighted by molar-refractivity contribution is 7.91. The summed E-state index contributed by atoms with van der Waals surface area (Å²) in [7, 11) is -6.98. The van der Waals surface area contributed by atoms with Crippen LogP contribution in [0.25, 0.3) is 11.3 Å². The van der Waals surface area contributed by atoms with Crippen molar-refractivity contribution in [3.8, 4) is 11.3 Å². The van der Waals surface area contributed by atoms with Crippen LogP contribution < -0.4 is 10.6 Å². The molecule has 0 spiro atoms. The number of carbonyl (C=O) groups is 3. The number of esters is 1. The van der Waals surface area contributed by atoms with Gasteiger partial charge in [0.2, 0.25) is 0 Å². The minimum atomic E-state index is -4.75. The van der Waals surface area contributed by atoms with Gasteiger partial charge in [-0.2, -0.15) is 13.2 Å². The second-order valence-corrected chi connectivity index (χ2v) is 14.9. The first-order valence-electron chi connectivity index (χ1n) is 14.0. The number of halogens is 3. The van der Waals surface area contributed by atoms with Gasteiger partial charge >= 0.3 is 18.1 Å². The molecule has 1 heterocycles. The molecule has 48 heavy (non-hydrogen) atoms. The predicted octanol–water partition coefficient (Wildman–Crippen LogP) is 5.03. The molecule has 2 amide bonds. The average Bonchev–Trinajstić information content (AvgIpc) is 3.31. The van der Waals surface area contributed by atoms with Crippen LogP contribution in [0.3, 0.4) is 0 Å². The van der Waals surface area contributed by atoms with Gasteiger partial charge in [-0.05, 0) is 79.6 Å². The number of amides is 2. The summed E-state index contributed by atoms with van der Waals surface area (Å²) < 4.78 is 95.8. The second-order valence-electron chi connectivity index (χ2n) is 10.8. The number of hydrogen-bond acceptors (Lipinski definition) is 8. The standard InChI is InChI=1S/C32H30F3N3O8S2/c1-19-6-5-7-26(32(33,34)35)27(19)28-20(2)25(29(39)36-21-8-12-23(13-9-21)47(3,42)43)18-38(28)16-17-46-31(41)30(40)37-22-10-14-24(15-11-22)48(4,44)45/h5-15,18H,16-17H2,1-4H3,(H,36,39)(H,37,40). The Balaban J connectivity index is 1.60. The van der Waals surface area contributed by atoms with E-state index in [0.29, 0.717) is 0 Å². The van der Waals surface area contributed by atoms with Gasteiger partial charge in [0.15, 0.2) is 19.7 Å². The highest BCUT2D eigenvalue weighted by Crippen LogP contribution is 2.41. The van der Waals surface area contributed by atoms with E-state index in [1.54, 1.807) is 0 Å². The number of aryl methyl sites for hydroxylation is 1. The molecule has 0 aliphatic carbocycles. The van der Waals surface area contributed by atoms with Crippen molar-refractivity contribution < 1.29 is 49.1 Å². The number of anilines is 2. The van der Waals surface area contributed by atoms with Crippen LogP contribution >= 0.6 is 0 Å². The Labute approximate surface area is 274 Å². The van der Waals surface area contributed by atoms with E-state index in [-0.39, 0.29) is 55.7 Å². The lowest BCUT2D eigenvalue weighted by Crippen LogP contribution is -2.26. The number of rotatable bonds is 9. The zero-order valence-corrected chi connectivity index (χ0v) is 27.6. The van der Waals surface area contributed by atoms with E-state index in [1.807, 2.05) is 0 Å². The molecular weight excluding hydrogens is 675 g/mol. The van der Waals surface area contributed by atoms with Crippen molar-refractivity contribution in [3.05, 3.63) is 95.2 Å². The molecule has 4 aromatic rings. The maximum Gasteiger partial charge on any atom is 0.417 e. The molecule has 0 aliphatic heterocycles. The van der Waals surface area contributed by atoms with Crippen molar-refractivity contribution >= 4 is 48.8 Å². The van der Waals surface area contributed by atoms with Gasteiger partial charge in [0, 0.05) is 35.6 Å². The zero-order valence-electron chi connectivity index (χ0n) is 26.0. The number of benzene rings is 3. The van der Waals surface area contributed by atoms with E-state index in [2.05, 4.69) is 10.6 Å². The molecular formula is C32H30F3N3O8S2. The molecule has 0 radical (unpaired) electrons. The van der Waals surface area contributed by atoms with Crippen LogP contribution in [0.2, 0.25) is 0 Å². The van der Waals surface area contributed by atoms with Crippen molar-refractivity contribution in [1.29, 1.82) is 0 Å². The number of ether oxygens (including phenoxy) is 1. The maximum atomic E-state index is 14.2. The molecule has 0 fully saturated rings. The van der Waals surface area contributed by atoms with E-state index in [4.69, 9.17) is 4.74 Å². The first kappa shape index (κ1) is 35.9. The average molecular weight is 706 g/mol. The lowest BCUT2D eigenvalue weighted by molar-refractivity contribution is -0.152. The largest absolute Gasteiger partial charge is 0.457 e. The molecule has 0 saturated heterocycles. The van der Waals surface area contributed by atoms with Crippen molar-refractivity contribution in [2.75, 3.05) is 29.8 Å². The first-order valence-corrected chi connectivity index (χ1v) is 17.8. The van der Waals surface area contributed by atoms with Crippen LogP contribution in [0.4, 0.5) is 24.5 Å². The monoisotopic (exact) mass is 705 g/mol. The predicted molar refractivity (Wildman–Crippen MR) is 171 cm³/mol. The summed E-state index contributed by atoms with van der Waals surface area (Å²) in [5.41, 5.74) is -0.324. The summed E-state index contributed by atoms with van der Waals surface area (Å²) in [6.45, 7) is 2.23. The Kier molecular flexibility index (Phi) is 10.2. The van der Waals surface area contributed by atoms with E-state index in [0.717, 1.165) is 18.6 Å². The summed E-state index contributed by atoms with van der Waals surface area (Å²) in [5, 5.41) is 4.89. The first-order chi connectivity index (χ1) is 22.3. The van der Waals surface area contributed by atoms with Gasteiger partial charge in [0.25, 0.3) is 5.91 Å². The Morgan fingerprint density at radius 2 is 1.31 bits per heavy atom. The molecule has 3 aromatic carbocycles. The van der Waals surface area contributed by atoms with Gasteiger partial charge in [-0.25, -0.2) is 21.6 Å². The number of nitrogens with zero attached hydrogens (tertiary/aromatic N) is 1. The van der Waals surface area contributed by atoms with Gasteiger partial charge in [0.1, 0.15) is 6.61 Å². The Bertz CT molecular complexity index is 2110. The number of nitrogens with one attached hydrogen (secondary N) is 2. The van der Waals surface area contributed by atoms with E-state index < -0.39 is 55.8 Å². The molecule has 11 nitrogen and oxygen atoms in total. The summed E-state index contributed by atoms with van der Waals surface area (Å²) in [6, 6.07) is 14.0. The topological polar surface area (TPSA) is 158 Å². The van der Waals surface area contributed by atoms with Crippen LogP contribution in [-0.2, 0) is 46.7 Å². The molecule has 2 N–H and O–H groups in total. The van der Waals surface area contributed by atoms with Gasteiger partial charge in [-0.1, -0.05) is 12.1 Å². The lowest BCUT2D eigenvalue weighted by Gasteiger charge is -2.18. The van der Waals surface area contributed by atoms with Crippen molar-refractivity contribution in [2.24, 2.45) is 0 Å². The molecule has 4 rings (SSSR count). The van der Waals surface area contributed by atoms with Crippen LogP contribution in [0, 0.1) is 13.8 Å². The van der Waals surface area contributed by atoms with Gasteiger partial charge in [-0.15, -0.1) is 0 Å². The molecule has 0 unspecified atom stereocenters. The van der Waals surface area contributed by atoms with Crippen LogP contribution in [0.5, 0.6) is 0 Å². The van der Waals surface area contributed by atoms with Gasteiger partial charge in [0.05, 0.1) is 33.2 Å². The third kappa shape index (κ3) is 8.30. The fourth-order valence-electron chi connectivity index (χ4n) is 4.87. The molecule has 254 valence electrons. The minimum absolute atomic E-state index is 0.00105. The normalized spacial score (nSPS) is 12.0. The van der Waals surface area contributed by atoms with Crippen molar-refractivity contribution in [2.45, 2.75) is 36.4 Å². The summed E-state index contributed by atoms with van der Waals surface area (Å²) in [4.78, 5) is 38.2. The number of sulfone groups is 2. The Morgan fingerprint density at radius 3 is 1.81 bits per heavy atom. The van der Waals surface area contributed by atoms with E-state index in [9.17, 15) is 44.4 Å². The number of hydrogen-bond donors (Lipinski definition) is 2. The smallest absolute Gasteiger partial charge is 0.417 e. The van der Waals surface area contributed by atoms with E-state index >= 15 is 0 Å². The third-order valence-electron chi connectivity index (χ3n) is 7.22. The molecule has 0 bridgehead atoms. The van der Waals surface area contributed by atoms with Crippen LogP contribution in [0.15, 0.2) is 82.7 Å². The van der Waals surface area contributed by atoms with Gasteiger partial charge in [-0.3, -0.25) is 9.59 Å². The molecule has 0 aliphatic rings. The maximum absolute atomic E-state index is 14.2. The highest BCUT2D eigenvalue weighted by Gasteiger charge is 2.36. The summed E-state index contributed by atoms with van der Waals surface area (Å²) in [5.74, 6) is -3.18. The number of aromatic nitrogens is 1. The Hall–Kier alpha value is -4.96. The lowest BCUT2D eigenvalue weighted by atomic mass is 9.95. The number of alkyl halides is 3. The number of carbonyl (C=O) groups excluding carboxylic acids is 3. The fourth-order valence-corrected chi connectivity index (χ4v) is 6.13. The van der Waals surface area contributed by atoms with E-state index in [1.165, 1.54) is 85.3 Å². The van der Waals surface area contributed by atoms with Crippen LogP contribution in [-0.4, -0.2) is 58.3 Å². The molecule has 0 atom stereocenters.